The summed E-state index contributed by atoms with van der Waals surface area (Å²) < 4.78 is 36.4. The predicted octanol–water partition coefficient (Wildman–Crippen LogP) is 0.958. The van der Waals surface area contributed by atoms with Crippen molar-refractivity contribution in [2.24, 2.45) is 0 Å². The van der Waals surface area contributed by atoms with Gasteiger partial charge in [0.1, 0.15) is 6.61 Å². The molecule has 2 N–H and O–H groups in total. The van der Waals surface area contributed by atoms with Crippen LogP contribution in [-0.2, 0) is 14.3 Å². The Balaban J connectivity index is 0. The molecule has 0 atom stereocenters. The number of esters is 1. The molecule has 100 valence electrons. The summed E-state index contributed by atoms with van der Waals surface area (Å²) in [5.74, 6) is -3.12. The van der Waals surface area contributed by atoms with Gasteiger partial charge in [-0.2, -0.15) is 13.2 Å². The zero-order valence-electron chi connectivity index (χ0n) is 9.21. The van der Waals surface area contributed by atoms with Crippen molar-refractivity contribution in [3.05, 3.63) is 12.7 Å². The lowest BCUT2D eigenvalue weighted by Gasteiger charge is -2.00. The Bertz CT molecular complexity index is 253. The maximum atomic E-state index is 10.6. The van der Waals surface area contributed by atoms with Crippen molar-refractivity contribution in [3.8, 4) is 0 Å². The van der Waals surface area contributed by atoms with Gasteiger partial charge in [-0.25, -0.2) is 9.59 Å². The van der Waals surface area contributed by atoms with Crippen molar-refractivity contribution in [3.63, 3.8) is 0 Å². The van der Waals surface area contributed by atoms with Crippen LogP contribution in [0.1, 0.15) is 6.92 Å². The van der Waals surface area contributed by atoms with Gasteiger partial charge in [0.25, 0.3) is 0 Å². The maximum absolute atomic E-state index is 10.6. The molecule has 0 aromatic rings. The number of carbonyl (C=O) groups excluding carboxylic acids is 1. The molecular weight excluding hydrogens is 243 g/mol. The molecule has 0 radical (unpaired) electrons. The van der Waals surface area contributed by atoms with Crippen molar-refractivity contribution < 1.29 is 32.6 Å². The first-order valence-electron chi connectivity index (χ1n) is 4.55. The van der Waals surface area contributed by atoms with Crippen molar-refractivity contribution >= 4 is 11.9 Å². The number of likely N-dealkylation sites (N-methyl/N-ethyl adjacent to an activating group) is 1. The first-order chi connectivity index (χ1) is 7.75. The molecule has 0 rings (SSSR count). The van der Waals surface area contributed by atoms with Crippen LogP contribution in [0.5, 0.6) is 0 Å². The third-order valence-corrected chi connectivity index (χ3v) is 1.18. The van der Waals surface area contributed by atoms with E-state index in [0.29, 0.717) is 13.2 Å². The van der Waals surface area contributed by atoms with Crippen molar-refractivity contribution in [1.82, 2.24) is 5.32 Å². The molecule has 0 aliphatic rings. The van der Waals surface area contributed by atoms with Crippen LogP contribution in [0, 0.1) is 0 Å². The second-order valence-electron chi connectivity index (χ2n) is 2.53. The monoisotopic (exact) mass is 257 g/mol. The summed E-state index contributed by atoms with van der Waals surface area (Å²) >= 11 is 0. The number of hydrogen-bond donors (Lipinski definition) is 2. The number of alkyl halides is 3. The van der Waals surface area contributed by atoms with E-state index in [-0.39, 0.29) is 5.97 Å². The lowest BCUT2D eigenvalue weighted by Crippen LogP contribution is -2.21. The molecule has 0 saturated carbocycles. The zero-order chi connectivity index (χ0) is 13.9. The number of rotatable bonds is 5. The minimum Gasteiger partial charge on any atom is -0.475 e. The first kappa shape index (κ1) is 17.8. The molecule has 0 aliphatic heterocycles. The number of nitrogens with one attached hydrogen (secondary N) is 1. The molecule has 5 nitrogen and oxygen atoms in total. The molecule has 0 spiro atoms. The van der Waals surface area contributed by atoms with Gasteiger partial charge in [0.2, 0.25) is 0 Å². The molecular formula is C9H14F3NO4. The number of carboxylic acids is 1. The Morgan fingerprint density at radius 1 is 1.47 bits per heavy atom. The quantitative estimate of drug-likeness (QED) is 0.436. The summed E-state index contributed by atoms with van der Waals surface area (Å²) in [6.45, 7) is 7.27. The van der Waals surface area contributed by atoms with Crippen LogP contribution >= 0.6 is 0 Å². The average molecular weight is 257 g/mol. The lowest BCUT2D eigenvalue weighted by atomic mass is 10.6. The molecule has 0 aromatic heterocycles. The Morgan fingerprint density at radius 2 is 1.94 bits per heavy atom. The van der Waals surface area contributed by atoms with Crippen LogP contribution in [0.2, 0.25) is 0 Å². The second-order valence-corrected chi connectivity index (χ2v) is 2.53. The molecule has 0 amide bonds. The molecule has 0 bridgehead atoms. The fourth-order valence-corrected chi connectivity index (χ4v) is 0.459. The van der Waals surface area contributed by atoms with Gasteiger partial charge >= 0.3 is 18.1 Å². The molecule has 0 fully saturated rings. The standard InChI is InChI=1S/C7H13NO2.C2HF3O2/c1-3-7(9)10-6-5-8-4-2;3-2(4,5)1(6)7/h3,8H,1,4-6H2,2H3;(H,6,7). The molecule has 0 unspecified atom stereocenters. The second kappa shape index (κ2) is 9.64. The van der Waals surface area contributed by atoms with Crippen molar-refractivity contribution in [2.75, 3.05) is 19.7 Å². The molecule has 8 heteroatoms. The first-order valence-corrected chi connectivity index (χ1v) is 4.55. The van der Waals surface area contributed by atoms with Gasteiger partial charge in [0.15, 0.2) is 0 Å². The molecule has 0 heterocycles. The van der Waals surface area contributed by atoms with E-state index in [1.807, 2.05) is 6.92 Å². The third-order valence-electron chi connectivity index (χ3n) is 1.18. The van der Waals surface area contributed by atoms with Crippen LogP contribution in [0.4, 0.5) is 13.2 Å². The molecule has 0 aliphatic carbocycles. The number of halogens is 3. The fraction of sp³-hybridized carbons (Fsp3) is 0.556. The predicted molar refractivity (Wildman–Crippen MR) is 53.4 cm³/mol. The van der Waals surface area contributed by atoms with E-state index in [9.17, 15) is 18.0 Å². The van der Waals surface area contributed by atoms with Crippen LogP contribution in [0.15, 0.2) is 12.7 Å². The highest BCUT2D eigenvalue weighted by atomic mass is 19.4. The van der Waals surface area contributed by atoms with E-state index in [2.05, 4.69) is 16.6 Å². The third kappa shape index (κ3) is 14.4. The normalized spacial score (nSPS) is 9.88. The highest BCUT2D eigenvalue weighted by Gasteiger charge is 2.38. The number of carbonyl (C=O) groups is 2. The summed E-state index contributed by atoms with van der Waals surface area (Å²) in [6, 6.07) is 0. The highest BCUT2D eigenvalue weighted by molar-refractivity contribution is 5.81. The van der Waals surface area contributed by atoms with E-state index >= 15 is 0 Å². The molecule has 0 aromatic carbocycles. The van der Waals surface area contributed by atoms with Gasteiger partial charge in [-0.15, -0.1) is 0 Å². The minimum absolute atomic E-state index is 0.363. The summed E-state index contributed by atoms with van der Waals surface area (Å²) in [7, 11) is 0. The van der Waals surface area contributed by atoms with Gasteiger partial charge in [-0.1, -0.05) is 13.5 Å². The lowest BCUT2D eigenvalue weighted by molar-refractivity contribution is -0.192. The fourth-order valence-electron chi connectivity index (χ4n) is 0.459. The number of carboxylic acid groups (broad SMARTS) is 1. The smallest absolute Gasteiger partial charge is 0.475 e. The van der Waals surface area contributed by atoms with Crippen molar-refractivity contribution in [1.29, 1.82) is 0 Å². The van der Waals surface area contributed by atoms with E-state index in [0.717, 1.165) is 12.6 Å². The largest absolute Gasteiger partial charge is 0.490 e. The van der Waals surface area contributed by atoms with Crippen LogP contribution in [0.3, 0.4) is 0 Å². The van der Waals surface area contributed by atoms with E-state index in [1.165, 1.54) is 0 Å². The van der Waals surface area contributed by atoms with Gasteiger partial charge in [0.05, 0.1) is 0 Å². The van der Waals surface area contributed by atoms with Crippen LogP contribution in [-0.4, -0.2) is 42.9 Å². The topological polar surface area (TPSA) is 75.6 Å². The van der Waals surface area contributed by atoms with E-state index in [4.69, 9.17) is 9.90 Å². The van der Waals surface area contributed by atoms with Crippen LogP contribution < -0.4 is 5.32 Å². The van der Waals surface area contributed by atoms with E-state index < -0.39 is 12.1 Å². The Labute approximate surface area is 96.3 Å². The number of aliphatic carboxylic acids is 1. The Kier molecular flexibility index (Phi) is 10.1. The SMILES string of the molecule is C=CC(=O)OCCNCC.O=C(O)C(F)(F)F. The Hall–Kier alpha value is -1.57. The molecule has 0 saturated heterocycles. The summed E-state index contributed by atoms with van der Waals surface area (Å²) in [4.78, 5) is 19.3. The molecule has 17 heavy (non-hydrogen) atoms. The Morgan fingerprint density at radius 3 is 2.24 bits per heavy atom. The summed E-state index contributed by atoms with van der Waals surface area (Å²) in [5, 5.41) is 10.1. The van der Waals surface area contributed by atoms with Gasteiger partial charge in [0, 0.05) is 12.6 Å². The zero-order valence-corrected chi connectivity index (χ0v) is 9.21. The summed E-state index contributed by atoms with van der Waals surface area (Å²) in [5.41, 5.74) is 0. The highest BCUT2D eigenvalue weighted by Crippen LogP contribution is 2.13. The average Bonchev–Trinajstić information content (AvgIpc) is 2.23. The minimum atomic E-state index is -5.08. The summed E-state index contributed by atoms with van der Waals surface area (Å²) in [6.07, 6.45) is -3.92. The van der Waals surface area contributed by atoms with Gasteiger partial charge in [-0.05, 0) is 6.54 Å². The van der Waals surface area contributed by atoms with Crippen LogP contribution in [0.25, 0.3) is 0 Å². The van der Waals surface area contributed by atoms with E-state index in [1.54, 1.807) is 0 Å². The number of ether oxygens (including phenoxy) is 1. The maximum Gasteiger partial charge on any atom is 0.490 e. The van der Waals surface area contributed by atoms with Gasteiger partial charge < -0.3 is 15.2 Å². The van der Waals surface area contributed by atoms with Gasteiger partial charge in [-0.3, -0.25) is 0 Å². The van der Waals surface area contributed by atoms with Crippen molar-refractivity contribution in [2.45, 2.75) is 13.1 Å². The number of hydrogen-bond acceptors (Lipinski definition) is 4.